The van der Waals surface area contributed by atoms with Gasteiger partial charge in [-0.05, 0) is 23.9 Å². The largest absolute Gasteiger partial charge is 0.325 e. The van der Waals surface area contributed by atoms with Gasteiger partial charge in [0.25, 0.3) is 0 Å². The summed E-state index contributed by atoms with van der Waals surface area (Å²) in [4.78, 5) is 27.3. The summed E-state index contributed by atoms with van der Waals surface area (Å²) in [5.74, 6) is 0.342. The molecular weight excluding hydrogens is 234 g/mol. The van der Waals surface area contributed by atoms with Gasteiger partial charge in [0.05, 0.1) is 0 Å². The van der Waals surface area contributed by atoms with Crippen molar-refractivity contribution in [1.82, 2.24) is 4.98 Å². The minimum atomic E-state index is -0.136. The molecule has 0 bridgehead atoms. The Balaban J connectivity index is 2.02. The van der Waals surface area contributed by atoms with E-state index in [9.17, 15) is 9.59 Å². The van der Waals surface area contributed by atoms with Gasteiger partial charge in [-0.3, -0.25) is 9.59 Å². The van der Waals surface area contributed by atoms with Crippen molar-refractivity contribution in [3.8, 4) is 0 Å². The first-order valence-electron chi connectivity index (χ1n) is 5.53. The van der Waals surface area contributed by atoms with Crippen LogP contribution < -0.4 is 5.56 Å². The van der Waals surface area contributed by atoms with Gasteiger partial charge in [0, 0.05) is 34.5 Å². The molecule has 3 nitrogen and oxygen atoms in total. The van der Waals surface area contributed by atoms with E-state index in [1.807, 2.05) is 11.4 Å². The smallest absolute Gasteiger partial charge is 0.248 e. The van der Waals surface area contributed by atoms with Crippen LogP contribution in [0.25, 0.3) is 0 Å². The summed E-state index contributed by atoms with van der Waals surface area (Å²) in [6.45, 7) is 0. The summed E-state index contributed by atoms with van der Waals surface area (Å²) in [5, 5.41) is 2.02. The minimum absolute atomic E-state index is 0.126. The highest BCUT2D eigenvalue weighted by Gasteiger charge is 2.27. The van der Waals surface area contributed by atoms with E-state index in [1.54, 1.807) is 17.4 Å². The Morgan fingerprint density at radius 2 is 2.06 bits per heavy atom. The Morgan fingerprint density at radius 3 is 2.82 bits per heavy atom. The Morgan fingerprint density at radius 1 is 1.18 bits per heavy atom. The Bertz CT molecular complexity index is 613. The van der Waals surface area contributed by atoms with E-state index in [2.05, 4.69) is 11.1 Å². The number of pyridine rings is 1. The first-order valence-corrected chi connectivity index (χ1v) is 6.41. The highest BCUT2D eigenvalue weighted by atomic mass is 32.1. The standard InChI is InChI=1S/C13H11NO2S/c15-11-7-8(12-2-1-5-17-12)6-10-9(11)3-4-13(16)14-10/h1-5,8H,6-7H2,(H,14,16)/t8-/m0/s1. The van der Waals surface area contributed by atoms with Crippen LogP contribution in [0, 0.1) is 0 Å². The summed E-state index contributed by atoms with van der Waals surface area (Å²) in [6, 6.07) is 7.10. The summed E-state index contributed by atoms with van der Waals surface area (Å²) < 4.78 is 0. The first-order chi connectivity index (χ1) is 8.24. The zero-order chi connectivity index (χ0) is 11.8. The van der Waals surface area contributed by atoms with Crippen molar-refractivity contribution in [2.24, 2.45) is 0 Å². The van der Waals surface area contributed by atoms with Gasteiger partial charge < -0.3 is 4.98 Å². The molecule has 2 heterocycles. The molecule has 2 aromatic rings. The third kappa shape index (κ3) is 1.85. The number of hydrogen-bond acceptors (Lipinski definition) is 3. The van der Waals surface area contributed by atoms with Crippen molar-refractivity contribution in [1.29, 1.82) is 0 Å². The molecule has 1 atom stereocenters. The predicted molar refractivity (Wildman–Crippen MR) is 66.8 cm³/mol. The molecule has 0 amide bonds. The van der Waals surface area contributed by atoms with Crippen molar-refractivity contribution < 1.29 is 4.79 Å². The molecular formula is C13H11NO2S. The fourth-order valence-electron chi connectivity index (χ4n) is 2.32. The molecule has 0 saturated heterocycles. The number of Topliss-reactive ketones (excluding diaryl/α,β-unsaturated/α-hetero) is 1. The van der Waals surface area contributed by atoms with Gasteiger partial charge in [0.2, 0.25) is 5.56 Å². The van der Waals surface area contributed by atoms with Gasteiger partial charge >= 0.3 is 0 Å². The summed E-state index contributed by atoms with van der Waals surface area (Å²) in [6.07, 6.45) is 1.29. The lowest BCUT2D eigenvalue weighted by molar-refractivity contribution is 0.0963. The number of rotatable bonds is 1. The second kappa shape index (κ2) is 3.96. The molecule has 1 aliphatic carbocycles. The second-order valence-electron chi connectivity index (χ2n) is 4.26. The number of nitrogens with one attached hydrogen (secondary N) is 1. The molecule has 0 fully saturated rings. The summed E-state index contributed by atoms with van der Waals surface area (Å²) >= 11 is 1.67. The maximum atomic E-state index is 12.0. The van der Waals surface area contributed by atoms with E-state index in [-0.39, 0.29) is 17.3 Å². The fraction of sp³-hybridized carbons (Fsp3) is 0.231. The number of aromatic amines is 1. The van der Waals surface area contributed by atoms with Crippen LogP contribution in [0.5, 0.6) is 0 Å². The number of aromatic nitrogens is 1. The highest BCUT2D eigenvalue weighted by molar-refractivity contribution is 7.10. The van der Waals surface area contributed by atoms with E-state index in [1.165, 1.54) is 10.9 Å². The van der Waals surface area contributed by atoms with Gasteiger partial charge in [-0.2, -0.15) is 0 Å². The topological polar surface area (TPSA) is 49.9 Å². The number of carbonyl (C=O) groups excluding carboxylic acids is 1. The number of fused-ring (bicyclic) bond motifs is 1. The lowest BCUT2D eigenvalue weighted by atomic mass is 9.85. The van der Waals surface area contributed by atoms with Gasteiger partial charge in [0.15, 0.2) is 5.78 Å². The van der Waals surface area contributed by atoms with E-state index in [0.29, 0.717) is 12.0 Å². The molecule has 86 valence electrons. The maximum absolute atomic E-state index is 12.0. The predicted octanol–water partition coefficient (Wildman–Crippen LogP) is 2.35. The fourth-order valence-corrected chi connectivity index (χ4v) is 3.15. The van der Waals surface area contributed by atoms with E-state index < -0.39 is 0 Å². The molecule has 4 heteroatoms. The molecule has 0 saturated carbocycles. The normalized spacial score (nSPS) is 19.1. The zero-order valence-electron chi connectivity index (χ0n) is 9.10. The van der Waals surface area contributed by atoms with Crippen molar-refractivity contribution in [3.63, 3.8) is 0 Å². The van der Waals surface area contributed by atoms with E-state index in [0.717, 1.165) is 12.1 Å². The zero-order valence-corrected chi connectivity index (χ0v) is 9.92. The van der Waals surface area contributed by atoms with Gasteiger partial charge in [0.1, 0.15) is 0 Å². The van der Waals surface area contributed by atoms with Crippen LogP contribution in [-0.2, 0) is 6.42 Å². The average Bonchev–Trinajstić information content (AvgIpc) is 2.81. The Labute approximate surface area is 102 Å². The molecule has 2 aromatic heterocycles. The molecule has 0 aliphatic heterocycles. The minimum Gasteiger partial charge on any atom is -0.325 e. The lowest BCUT2D eigenvalue weighted by Crippen LogP contribution is -2.22. The molecule has 3 rings (SSSR count). The molecule has 0 radical (unpaired) electrons. The van der Waals surface area contributed by atoms with Crippen LogP contribution in [-0.4, -0.2) is 10.8 Å². The molecule has 0 spiro atoms. The highest BCUT2D eigenvalue weighted by Crippen LogP contribution is 2.33. The van der Waals surface area contributed by atoms with Crippen molar-refractivity contribution >= 4 is 17.1 Å². The van der Waals surface area contributed by atoms with Crippen LogP contribution in [0.15, 0.2) is 34.4 Å². The van der Waals surface area contributed by atoms with Crippen LogP contribution in [0.2, 0.25) is 0 Å². The molecule has 1 N–H and O–H groups in total. The third-order valence-corrected chi connectivity index (χ3v) is 4.16. The summed E-state index contributed by atoms with van der Waals surface area (Å²) in [5.41, 5.74) is 1.33. The summed E-state index contributed by atoms with van der Waals surface area (Å²) in [7, 11) is 0. The van der Waals surface area contributed by atoms with Crippen molar-refractivity contribution in [3.05, 3.63) is 56.1 Å². The average molecular weight is 245 g/mol. The molecule has 0 unspecified atom stereocenters. The second-order valence-corrected chi connectivity index (χ2v) is 5.24. The van der Waals surface area contributed by atoms with E-state index >= 15 is 0 Å². The maximum Gasteiger partial charge on any atom is 0.248 e. The van der Waals surface area contributed by atoms with Gasteiger partial charge in [-0.25, -0.2) is 0 Å². The van der Waals surface area contributed by atoms with Crippen LogP contribution in [0.4, 0.5) is 0 Å². The van der Waals surface area contributed by atoms with Crippen LogP contribution in [0.1, 0.15) is 33.3 Å². The quantitative estimate of drug-likeness (QED) is 0.838. The van der Waals surface area contributed by atoms with Crippen LogP contribution in [0.3, 0.4) is 0 Å². The van der Waals surface area contributed by atoms with Crippen molar-refractivity contribution in [2.45, 2.75) is 18.8 Å². The first kappa shape index (κ1) is 10.5. The Kier molecular flexibility index (Phi) is 2.44. The Hall–Kier alpha value is -1.68. The number of carbonyl (C=O) groups is 1. The third-order valence-electron chi connectivity index (χ3n) is 3.13. The number of ketones is 1. The van der Waals surface area contributed by atoms with Crippen LogP contribution >= 0.6 is 11.3 Å². The SMILES string of the molecule is O=C1C[C@@H](c2cccs2)Cc2[nH]c(=O)ccc21. The lowest BCUT2D eigenvalue weighted by Gasteiger charge is -2.22. The van der Waals surface area contributed by atoms with E-state index in [4.69, 9.17) is 0 Å². The number of H-pyrrole nitrogens is 1. The van der Waals surface area contributed by atoms with Gasteiger partial charge in [-0.15, -0.1) is 11.3 Å². The molecule has 17 heavy (non-hydrogen) atoms. The van der Waals surface area contributed by atoms with Gasteiger partial charge in [-0.1, -0.05) is 6.07 Å². The molecule has 0 aromatic carbocycles. The monoisotopic (exact) mass is 245 g/mol. The van der Waals surface area contributed by atoms with Crippen molar-refractivity contribution in [2.75, 3.05) is 0 Å². The number of thiophene rings is 1. The molecule has 1 aliphatic rings. The number of hydrogen-bond donors (Lipinski definition) is 1.